The maximum atomic E-state index is 13.3. The van der Waals surface area contributed by atoms with Crippen molar-refractivity contribution < 1.29 is 27.2 Å². The lowest BCUT2D eigenvalue weighted by Gasteiger charge is -2.11. The molecule has 160 valence electrons. The fourth-order valence-corrected chi connectivity index (χ4v) is 3.20. The van der Waals surface area contributed by atoms with E-state index >= 15 is 0 Å². The standard InChI is InChI=1S/C21H15F4N3O2S/c1-12(29)14-3-2-4-16(9-14)26-19(30)11-31-20-27-17(10-18(28-20)21(23,24)25)13-5-7-15(22)8-6-13/h2-10H,11H2,1H3,(H,26,30). The molecule has 0 spiro atoms. The van der Waals surface area contributed by atoms with E-state index < -0.39 is 23.6 Å². The number of amides is 1. The van der Waals surface area contributed by atoms with Crippen LogP contribution < -0.4 is 5.32 Å². The molecule has 0 radical (unpaired) electrons. The smallest absolute Gasteiger partial charge is 0.325 e. The van der Waals surface area contributed by atoms with Crippen molar-refractivity contribution in [2.24, 2.45) is 0 Å². The van der Waals surface area contributed by atoms with Crippen LogP contribution in [0.15, 0.2) is 59.8 Å². The number of carbonyl (C=O) groups excluding carboxylic acids is 2. The van der Waals surface area contributed by atoms with Crippen molar-refractivity contribution in [2.75, 3.05) is 11.1 Å². The summed E-state index contributed by atoms with van der Waals surface area (Å²) in [7, 11) is 0. The molecule has 10 heteroatoms. The van der Waals surface area contributed by atoms with Crippen molar-refractivity contribution in [3.63, 3.8) is 0 Å². The average Bonchev–Trinajstić information content (AvgIpc) is 2.72. The van der Waals surface area contributed by atoms with Crippen molar-refractivity contribution >= 4 is 29.1 Å². The predicted molar refractivity (Wildman–Crippen MR) is 108 cm³/mol. The van der Waals surface area contributed by atoms with E-state index in [1.807, 2.05) is 0 Å². The Balaban J connectivity index is 1.78. The molecule has 1 aromatic heterocycles. The molecule has 1 N–H and O–H groups in total. The number of anilines is 1. The van der Waals surface area contributed by atoms with Gasteiger partial charge in [-0.3, -0.25) is 9.59 Å². The van der Waals surface area contributed by atoms with Crippen LogP contribution in [-0.4, -0.2) is 27.4 Å². The summed E-state index contributed by atoms with van der Waals surface area (Å²) in [5.41, 5.74) is -0.134. The van der Waals surface area contributed by atoms with Gasteiger partial charge in [0.25, 0.3) is 0 Å². The third-order valence-corrected chi connectivity index (χ3v) is 4.87. The number of nitrogens with one attached hydrogen (secondary N) is 1. The molecule has 0 fully saturated rings. The second-order valence-electron chi connectivity index (χ2n) is 6.40. The van der Waals surface area contributed by atoms with E-state index in [2.05, 4.69) is 15.3 Å². The first-order valence-corrected chi connectivity index (χ1v) is 9.86. The Kier molecular flexibility index (Phi) is 6.69. The molecule has 3 rings (SSSR count). The minimum atomic E-state index is -4.72. The van der Waals surface area contributed by atoms with Crippen LogP contribution in [0.4, 0.5) is 23.2 Å². The number of thioether (sulfide) groups is 1. The number of hydrogen-bond acceptors (Lipinski definition) is 5. The second-order valence-corrected chi connectivity index (χ2v) is 7.34. The normalized spacial score (nSPS) is 11.3. The lowest BCUT2D eigenvalue weighted by atomic mass is 10.1. The first-order valence-electron chi connectivity index (χ1n) is 8.88. The number of rotatable bonds is 6. The van der Waals surface area contributed by atoms with Gasteiger partial charge in [0, 0.05) is 16.8 Å². The maximum absolute atomic E-state index is 13.3. The highest BCUT2D eigenvalue weighted by molar-refractivity contribution is 7.99. The molecular formula is C21H15F4N3O2S. The molecule has 0 saturated carbocycles. The first kappa shape index (κ1) is 22.4. The van der Waals surface area contributed by atoms with Gasteiger partial charge in [0.05, 0.1) is 11.4 Å². The van der Waals surface area contributed by atoms with Crippen LogP contribution in [0.5, 0.6) is 0 Å². The average molecular weight is 449 g/mol. The van der Waals surface area contributed by atoms with E-state index in [-0.39, 0.29) is 27.9 Å². The number of alkyl halides is 3. The third kappa shape index (κ3) is 6.11. The Labute approximate surface area is 178 Å². The summed E-state index contributed by atoms with van der Waals surface area (Å²) in [5, 5.41) is 2.33. The number of benzene rings is 2. The van der Waals surface area contributed by atoms with Crippen molar-refractivity contribution in [3.8, 4) is 11.3 Å². The molecule has 5 nitrogen and oxygen atoms in total. The molecule has 1 heterocycles. The summed E-state index contributed by atoms with van der Waals surface area (Å²) in [6, 6.07) is 11.9. The number of ketones is 1. The van der Waals surface area contributed by atoms with Gasteiger partial charge in [0.15, 0.2) is 10.9 Å². The third-order valence-electron chi connectivity index (χ3n) is 4.02. The van der Waals surface area contributed by atoms with Crippen molar-refractivity contribution in [3.05, 3.63) is 71.7 Å². The molecule has 31 heavy (non-hydrogen) atoms. The number of hydrogen-bond donors (Lipinski definition) is 1. The summed E-state index contributed by atoms with van der Waals surface area (Å²) >= 11 is 0.725. The van der Waals surface area contributed by atoms with Crippen LogP contribution in [-0.2, 0) is 11.0 Å². The van der Waals surface area contributed by atoms with Crippen LogP contribution in [0, 0.1) is 5.82 Å². The van der Waals surface area contributed by atoms with Crippen LogP contribution in [0.2, 0.25) is 0 Å². The van der Waals surface area contributed by atoms with E-state index in [1.165, 1.54) is 25.1 Å². The maximum Gasteiger partial charge on any atom is 0.433 e. The summed E-state index contributed by atoms with van der Waals surface area (Å²) in [6.07, 6.45) is -4.72. The zero-order chi connectivity index (χ0) is 22.6. The van der Waals surface area contributed by atoms with Crippen molar-refractivity contribution in [1.29, 1.82) is 0 Å². The van der Waals surface area contributed by atoms with E-state index in [4.69, 9.17) is 0 Å². The van der Waals surface area contributed by atoms with Crippen molar-refractivity contribution in [2.45, 2.75) is 18.3 Å². The quantitative estimate of drug-likeness (QED) is 0.241. The van der Waals surface area contributed by atoms with E-state index in [0.717, 1.165) is 30.0 Å². The minimum Gasteiger partial charge on any atom is -0.325 e. The van der Waals surface area contributed by atoms with Crippen LogP contribution >= 0.6 is 11.8 Å². The Bertz CT molecular complexity index is 1120. The van der Waals surface area contributed by atoms with Gasteiger partial charge in [0.1, 0.15) is 11.5 Å². The number of nitrogens with zero attached hydrogens (tertiary/aromatic N) is 2. The first-order chi connectivity index (χ1) is 14.6. The van der Waals surface area contributed by atoms with E-state index in [9.17, 15) is 27.2 Å². The molecule has 3 aromatic rings. The van der Waals surface area contributed by atoms with Gasteiger partial charge in [-0.25, -0.2) is 14.4 Å². The second kappa shape index (κ2) is 9.25. The van der Waals surface area contributed by atoms with Gasteiger partial charge >= 0.3 is 6.18 Å². The zero-order valence-corrected chi connectivity index (χ0v) is 16.9. The molecule has 1 amide bonds. The molecule has 0 aliphatic rings. The van der Waals surface area contributed by atoms with Gasteiger partial charge < -0.3 is 5.32 Å². The minimum absolute atomic E-state index is 0.0422. The Morgan fingerprint density at radius 2 is 1.74 bits per heavy atom. The molecule has 0 saturated heterocycles. The SMILES string of the molecule is CC(=O)c1cccc(NC(=O)CSc2nc(-c3ccc(F)cc3)cc(C(F)(F)F)n2)c1. The van der Waals surface area contributed by atoms with Gasteiger partial charge in [-0.15, -0.1) is 0 Å². The van der Waals surface area contributed by atoms with Crippen molar-refractivity contribution in [1.82, 2.24) is 9.97 Å². The highest BCUT2D eigenvalue weighted by Crippen LogP contribution is 2.32. The van der Waals surface area contributed by atoms with E-state index in [0.29, 0.717) is 11.3 Å². The summed E-state index contributed by atoms with van der Waals surface area (Å²) in [6.45, 7) is 1.39. The predicted octanol–water partition coefficient (Wildman–Crippen LogP) is 5.23. The Morgan fingerprint density at radius 3 is 2.39 bits per heavy atom. The van der Waals surface area contributed by atoms with Crippen LogP contribution in [0.25, 0.3) is 11.3 Å². The van der Waals surface area contributed by atoms with Gasteiger partial charge in [-0.2, -0.15) is 13.2 Å². The number of carbonyl (C=O) groups is 2. The lowest BCUT2D eigenvalue weighted by molar-refractivity contribution is -0.141. The Morgan fingerprint density at radius 1 is 1.03 bits per heavy atom. The summed E-state index contributed by atoms with van der Waals surface area (Å²) in [4.78, 5) is 31.2. The number of Topliss-reactive ketones (excluding diaryl/α,β-unsaturated/α-hetero) is 1. The topological polar surface area (TPSA) is 72.0 Å². The van der Waals surface area contributed by atoms with Crippen LogP contribution in [0.3, 0.4) is 0 Å². The Hall–Kier alpha value is -3.27. The van der Waals surface area contributed by atoms with Gasteiger partial charge in [-0.1, -0.05) is 23.9 Å². The molecule has 0 atom stereocenters. The molecule has 0 bridgehead atoms. The monoisotopic (exact) mass is 449 g/mol. The number of aromatic nitrogens is 2. The molecular weight excluding hydrogens is 434 g/mol. The fourth-order valence-electron chi connectivity index (χ4n) is 2.55. The summed E-state index contributed by atoms with van der Waals surface area (Å²) < 4.78 is 52.9. The van der Waals surface area contributed by atoms with Gasteiger partial charge in [0.2, 0.25) is 5.91 Å². The number of halogens is 4. The largest absolute Gasteiger partial charge is 0.433 e. The lowest BCUT2D eigenvalue weighted by Crippen LogP contribution is -2.15. The molecule has 0 aliphatic carbocycles. The molecule has 2 aromatic carbocycles. The highest BCUT2D eigenvalue weighted by Gasteiger charge is 2.34. The molecule has 0 unspecified atom stereocenters. The molecule has 0 aliphatic heterocycles. The fraction of sp³-hybridized carbons (Fsp3) is 0.143. The zero-order valence-electron chi connectivity index (χ0n) is 16.0. The highest BCUT2D eigenvalue weighted by atomic mass is 32.2. The van der Waals surface area contributed by atoms with E-state index in [1.54, 1.807) is 18.2 Å². The van der Waals surface area contributed by atoms with Crippen LogP contribution in [0.1, 0.15) is 23.0 Å². The van der Waals surface area contributed by atoms with Gasteiger partial charge in [-0.05, 0) is 49.4 Å². The summed E-state index contributed by atoms with van der Waals surface area (Å²) in [5.74, 6) is -1.46.